The summed E-state index contributed by atoms with van der Waals surface area (Å²) in [6.07, 6.45) is 16.7. The number of furan rings is 1. The molecule has 4 heterocycles. The van der Waals surface area contributed by atoms with Crippen molar-refractivity contribution in [1.29, 1.82) is 0 Å². The van der Waals surface area contributed by atoms with Crippen molar-refractivity contribution in [2.45, 2.75) is 120 Å². The molecule has 4 aromatic carbocycles. The summed E-state index contributed by atoms with van der Waals surface area (Å²) >= 11 is 0. The molecule has 5 nitrogen and oxygen atoms in total. The van der Waals surface area contributed by atoms with E-state index in [1.165, 1.54) is 115 Å². The van der Waals surface area contributed by atoms with E-state index in [0.29, 0.717) is 30.1 Å². The molecule has 0 amide bonds. The van der Waals surface area contributed by atoms with Gasteiger partial charge in [-0.25, -0.2) is 0 Å². The summed E-state index contributed by atoms with van der Waals surface area (Å²) < 4.78 is 20.4. The lowest BCUT2D eigenvalue weighted by atomic mass is 9.68. The van der Waals surface area contributed by atoms with E-state index in [0.717, 1.165) is 28.8 Å². The first-order valence-corrected chi connectivity index (χ1v) is 19.6. The normalized spacial score (nSPS) is 34.4. The SMILES string of the molecule is c1ccc2c(c1)oc1cc(C3NC(c4cc5c(c6ccccc46)C4CC(C6CCCCC6)CCC4O5)NC4C5CCCCC5OC34)ccc12. The third kappa shape index (κ3) is 4.68. The highest BCUT2D eigenvalue weighted by atomic mass is 16.5. The van der Waals surface area contributed by atoms with E-state index < -0.39 is 0 Å². The maximum atomic E-state index is 7.00. The van der Waals surface area contributed by atoms with Crippen molar-refractivity contribution in [1.82, 2.24) is 10.6 Å². The van der Waals surface area contributed by atoms with Crippen molar-refractivity contribution in [3.63, 3.8) is 0 Å². The Morgan fingerprint density at radius 2 is 1.41 bits per heavy atom. The Balaban J connectivity index is 0.988. The first kappa shape index (κ1) is 29.4. The predicted molar refractivity (Wildman–Crippen MR) is 195 cm³/mol. The number of rotatable bonds is 3. The Bertz CT molecular complexity index is 2040. The van der Waals surface area contributed by atoms with E-state index >= 15 is 0 Å². The Labute approximate surface area is 289 Å². The van der Waals surface area contributed by atoms with Gasteiger partial charge < -0.3 is 13.9 Å². The lowest BCUT2D eigenvalue weighted by molar-refractivity contribution is -0.0133. The van der Waals surface area contributed by atoms with Crippen LogP contribution in [0.5, 0.6) is 5.75 Å². The fourth-order valence-electron chi connectivity index (χ4n) is 11.6. The molecule has 0 bridgehead atoms. The van der Waals surface area contributed by atoms with Crippen LogP contribution in [0.25, 0.3) is 32.7 Å². The van der Waals surface area contributed by atoms with Gasteiger partial charge in [-0.2, -0.15) is 0 Å². The van der Waals surface area contributed by atoms with Gasteiger partial charge in [-0.1, -0.05) is 99.5 Å². The van der Waals surface area contributed by atoms with Crippen LogP contribution in [0.2, 0.25) is 0 Å². The Kier molecular flexibility index (Phi) is 6.94. The van der Waals surface area contributed by atoms with Crippen LogP contribution < -0.4 is 15.4 Å². The van der Waals surface area contributed by atoms with Crippen LogP contribution in [0.4, 0.5) is 0 Å². The van der Waals surface area contributed by atoms with Crippen LogP contribution in [0.15, 0.2) is 77.2 Å². The minimum absolute atomic E-state index is 0.0155. The second-order valence-electron chi connectivity index (χ2n) is 16.4. The molecule has 252 valence electrons. The van der Waals surface area contributed by atoms with Crippen molar-refractivity contribution < 1.29 is 13.9 Å². The van der Waals surface area contributed by atoms with Gasteiger partial charge in [-0.15, -0.1) is 0 Å². The maximum Gasteiger partial charge on any atom is 0.135 e. The number of nitrogens with one attached hydrogen (secondary N) is 2. The summed E-state index contributed by atoms with van der Waals surface area (Å²) in [5, 5.41) is 13.4. The highest BCUT2D eigenvalue weighted by molar-refractivity contribution is 6.05. The zero-order chi connectivity index (χ0) is 32.1. The summed E-state index contributed by atoms with van der Waals surface area (Å²) in [6.45, 7) is 0. The number of hydrogen-bond donors (Lipinski definition) is 2. The fraction of sp³-hybridized carbons (Fsp3) is 0.500. The molecule has 5 fully saturated rings. The molecule has 5 aromatic rings. The summed E-state index contributed by atoms with van der Waals surface area (Å²) in [6, 6.07) is 27.2. The number of hydrogen-bond acceptors (Lipinski definition) is 5. The van der Waals surface area contributed by atoms with Gasteiger partial charge in [0.2, 0.25) is 0 Å². The minimum atomic E-state index is -0.0155. The average molecular weight is 653 g/mol. The molecule has 2 N–H and O–H groups in total. The molecule has 2 saturated heterocycles. The molecule has 5 heteroatoms. The molecule has 11 rings (SSSR count). The molecular weight excluding hydrogens is 604 g/mol. The van der Waals surface area contributed by atoms with E-state index in [1.807, 2.05) is 0 Å². The van der Waals surface area contributed by atoms with Crippen molar-refractivity contribution in [3.05, 3.63) is 89.5 Å². The van der Waals surface area contributed by atoms with Crippen molar-refractivity contribution in [2.24, 2.45) is 17.8 Å². The van der Waals surface area contributed by atoms with Gasteiger partial charge >= 0.3 is 0 Å². The standard InChI is InChI=1S/C44H48N2O3/c1-2-10-25(11-3-1)26-19-21-37-34(22-26)40-31-14-5-4-12-28(31)33(24-39(40)48-37)44-45-41(43-42(46-44)32-15-7-9-17-36(32)49-43)27-18-20-30-29-13-6-8-16-35(29)47-38(30)23-27/h4-6,8,12-14,16,18,20,23-26,32,34,36-37,41-46H,1-3,7,9-11,15,17,19,21-22H2. The Hall–Kier alpha value is -3.38. The van der Waals surface area contributed by atoms with E-state index in [1.54, 1.807) is 0 Å². The third-order valence-electron chi connectivity index (χ3n) is 13.9. The lowest BCUT2D eigenvalue weighted by Gasteiger charge is -2.42. The summed E-state index contributed by atoms with van der Waals surface area (Å²) in [5.41, 5.74) is 5.94. The molecule has 9 atom stereocenters. The number of benzene rings is 4. The number of para-hydroxylation sites is 1. The summed E-state index contributed by atoms with van der Waals surface area (Å²) in [7, 11) is 0. The van der Waals surface area contributed by atoms with Gasteiger partial charge in [0.1, 0.15) is 23.0 Å². The monoisotopic (exact) mass is 652 g/mol. The quantitative estimate of drug-likeness (QED) is 0.203. The third-order valence-corrected chi connectivity index (χ3v) is 13.9. The maximum absolute atomic E-state index is 7.00. The van der Waals surface area contributed by atoms with Gasteiger partial charge in [0, 0.05) is 34.2 Å². The first-order valence-electron chi connectivity index (χ1n) is 19.6. The van der Waals surface area contributed by atoms with Crippen LogP contribution >= 0.6 is 0 Å². The van der Waals surface area contributed by atoms with Gasteiger partial charge in [-0.3, -0.25) is 10.6 Å². The zero-order valence-corrected chi connectivity index (χ0v) is 28.4. The molecule has 3 aliphatic carbocycles. The first-order chi connectivity index (χ1) is 24.3. The highest BCUT2D eigenvalue weighted by Crippen LogP contribution is 2.54. The van der Waals surface area contributed by atoms with Gasteiger partial charge in [0.15, 0.2) is 0 Å². The smallest absolute Gasteiger partial charge is 0.135 e. The fourth-order valence-corrected chi connectivity index (χ4v) is 11.6. The largest absolute Gasteiger partial charge is 0.489 e. The topological polar surface area (TPSA) is 55.7 Å². The molecule has 1 aromatic heterocycles. The van der Waals surface area contributed by atoms with E-state index in [9.17, 15) is 0 Å². The van der Waals surface area contributed by atoms with E-state index in [2.05, 4.69) is 83.4 Å². The number of fused-ring (bicyclic) bond motifs is 11. The Morgan fingerprint density at radius 1 is 0.612 bits per heavy atom. The van der Waals surface area contributed by atoms with Gasteiger partial charge in [0.25, 0.3) is 0 Å². The second-order valence-corrected chi connectivity index (χ2v) is 16.4. The van der Waals surface area contributed by atoms with Crippen molar-refractivity contribution in [2.75, 3.05) is 0 Å². The molecule has 9 unspecified atom stereocenters. The van der Waals surface area contributed by atoms with E-state index in [4.69, 9.17) is 13.9 Å². The van der Waals surface area contributed by atoms with Crippen LogP contribution in [-0.4, -0.2) is 24.4 Å². The second kappa shape index (κ2) is 11.6. The average Bonchev–Trinajstić information content (AvgIpc) is 3.85. The number of ether oxygens (including phenoxy) is 2. The Morgan fingerprint density at radius 3 is 2.33 bits per heavy atom. The van der Waals surface area contributed by atoms with Crippen LogP contribution in [-0.2, 0) is 4.74 Å². The molecule has 6 aliphatic rings. The minimum Gasteiger partial charge on any atom is -0.489 e. The van der Waals surface area contributed by atoms with Gasteiger partial charge in [-0.05, 0) is 84.0 Å². The molecule has 0 radical (unpaired) electrons. The molecular formula is C44H48N2O3. The van der Waals surface area contributed by atoms with Crippen LogP contribution in [0.3, 0.4) is 0 Å². The van der Waals surface area contributed by atoms with Crippen molar-refractivity contribution >= 4 is 32.7 Å². The summed E-state index contributed by atoms with van der Waals surface area (Å²) in [4.78, 5) is 0. The predicted octanol–water partition coefficient (Wildman–Crippen LogP) is 10.2. The zero-order valence-electron chi connectivity index (χ0n) is 28.4. The van der Waals surface area contributed by atoms with Crippen molar-refractivity contribution in [3.8, 4) is 5.75 Å². The lowest BCUT2D eigenvalue weighted by Crippen LogP contribution is -2.58. The van der Waals surface area contributed by atoms with E-state index in [-0.39, 0.29) is 18.3 Å². The van der Waals surface area contributed by atoms with Crippen LogP contribution in [0.1, 0.15) is 112 Å². The summed E-state index contributed by atoms with van der Waals surface area (Å²) in [5.74, 6) is 3.96. The molecule has 0 spiro atoms. The molecule has 49 heavy (non-hydrogen) atoms. The van der Waals surface area contributed by atoms with Gasteiger partial charge in [0.05, 0.1) is 24.4 Å². The molecule has 3 aliphatic heterocycles. The van der Waals surface area contributed by atoms with Crippen LogP contribution in [0, 0.1) is 17.8 Å². The highest BCUT2D eigenvalue weighted by Gasteiger charge is 2.52. The molecule has 3 saturated carbocycles.